The van der Waals surface area contributed by atoms with E-state index in [0.717, 1.165) is 32.2 Å². The first-order valence-electron chi connectivity index (χ1n) is 8.51. The highest BCUT2D eigenvalue weighted by Crippen LogP contribution is 2.37. The number of nitrogens with zero attached hydrogens (tertiary/aromatic N) is 6. The topological polar surface area (TPSA) is 69.4 Å². The van der Waals surface area contributed by atoms with Crippen LogP contribution in [0.1, 0.15) is 27.8 Å². The van der Waals surface area contributed by atoms with E-state index < -0.39 is 0 Å². The van der Waals surface area contributed by atoms with E-state index in [1.54, 1.807) is 35.5 Å². The van der Waals surface area contributed by atoms with Crippen LogP contribution in [0.2, 0.25) is 0 Å². The molecule has 27 heavy (non-hydrogen) atoms. The fourth-order valence-electron chi connectivity index (χ4n) is 2.65. The fourth-order valence-corrected chi connectivity index (χ4v) is 4.42. The van der Waals surface area contributed by atoms with Crippen molar-refractivity contribution in [2.45, 2.75) is 31.2 Å². The van der Waals surface area contributed by atoms with E-state index in [2.05, 4.69) is 68.1 Å². The number of aromatic nitrogens is 6. The third-order valence-electron chi connectivity index (χ3n) is 4.04. The molecule has 4 aromatic rings. The van der Waals surface area contributed by atoms with Crippen molar-refractivity contribution in [3.8, 4) is 17.1 Å². The standard InChI is InChI=1S/C19H18N6S2/c1-12-4-6-16(7-5-12)25-17(15-8-10-20-11-9-15)22-24-19(25)26-13(2)18-23-21-14(3)27-18/h4-11,13H,1-3H3. The third kappa shape index (κ3) is 3.77. The number of thioether (sulfide) groups is 1. The van der Waals surface area contributed by atoms with Crippen molar-refractivity contribution in [2.75, 3.05) is 0 Å². The van der Waals surface area contributed by atoms with Crippen molar-refractivity contribution in [1.29, 1.82) is 0 Å². The van der Waals surface area contributed by atoms with Gasteiger partial charge in [0.05, 0.1) is 5.25 Å². The molecule has 0 saturated carbocycles. The first-order valence-corrected chi connectivity index (χ1v) is 10.2. The van der Waals surface area contributed by atoms with Crippen LogP contribution in [0, 0.1) is 13.8 Å². The second-order valence-electron chi connectivity index (χ2n) is 6.13. The fraction of sp³-hybridized carbons (Fsp3) is 0.211. The molecule has 3 aromatic heterocycles. The van der Waals surface area contributed by atoms with Crippen molar-refractivity contribution in [3.63, 3.8) is 0 Å². The largest absolute Gasteiger partial charge is 0.270 e. The van der Waals surface area contributed by atoms with Gasteiger partial charge in [-0.1, -0.05) is 29.5 Å². The molecular formula is C19H18N6S2. The Balaban J connectivity index is 1.77. The second-order valence-corrected chi connectivity index (χ2v) is 8.65. The van der Waals surface area contributed by atoms with Crippen molar-refractivity contribution < 1.29 is 0 Å². The molecular weight excluding hydrogens is 376 g/mol. The minimum atomic E-state index is 0.134. The molecule has 1 atom stereocenters. The van der Waals surface area contributed by atoms with E-state index in [1.165, 1.54) is 5.56 Å². The summed E-state index contributed by atoms with van der Waals surface area (Å²) in [5, 5.41) is 20.3. The van der Waals surface area contributed by atoms with Gasteiger partial charge < -0.3 is 0 Å². The van der Waals surface area contributed by atoms with Gasteiger partial charge in [-0.2, -0.15) is 0 Å². The van der Waals surface area contributed by atoms with Crippen molar-refractivity contribution >= 4 is 23.1 Å². The molecule has 0 bridgehead atoms. The first-order chi connectivity index (χ1) is 13.1. The van der Waals surface area contributed by atoms with Gasteiger partial charge in [0.1, 0.15) is 10.0 Å². The van der Waals surface area contributed by atoms with Crippen LogP contribution in [0.4, 0.5) is 0 Å². The SMILES string of the molecule is Cc1ccc(-n2c(SC(C)c3nnc(C)s3)nnc2-c2ccncc2)cc1. The highest BCUT2D eigenvalue weighted by molar-refractivity contribution is 7.99. The molecule has 0 fully saturated rings. The summed E-state index contributed by atoms with van der Waals surface area (Å²) < 4.78 is 2.09. The highest BCUT2D eigenvalue weighted by Gasteiger charge is 2.20. The molecule has 0 amide bonds. The van der Waals surface area contributed by atoms with Crippen LogP contribution in [-0.2, 0) is 0 Å². The van der Waals surface area contributed by atoms with Gasteiger partial charge in [-0.25, -0.2) is 0 Å². The molecule has 0 radical (unpaired) electrons. The van der Waals surface area contributed by atoms with Crippen LogP contribution < -0.4 is 0 Å². The number of pyridine rings is 1. The van der Waals surface area contributed by atoms with E-state index in [1.807, 2.05) is 19.1 Å². The lowest BCUT2D eigenvalue weighted by Crippen LogP contribution is -2.01. The normalized spacial score (nSPS) is 12.3. The average Bonchev–Trinajstić information content (AvgIpc) is 3.30. The molecule has 3 heterocycles. The van der Waals surface area contributed by atoms with Crippen molar-refractivity contribution in [2.24, 2.45) is 0 Å². The Morgan fingerprint density at radius 1 is 0.926 bits per heavy atom. The molecule has 0 aliphatic carbocycles. The van der Waals surface area contributed by atoms with Gasteiger partial charge in [-0.15, -0.1) is 31.7 Å². The van der Waals surface area contributed by atoms with Gasteiger partial charge in [0.25, 0.3) is 0 Å². The zero-order valence-corrected chi connectivity index (χ0v) is 16.8. The summed E-state index contributed by atoms with van der Waals surface area (Å²) in [4.78, 5) is 4.11. The Kier molecular flexibility index (Phi) is 5.00. The zero-order chi connectivity index (χ0) is 18.8. The Labute approximate surface area is 165 Å². The van der Waals surface area contributed by atoms with Crippen LogP contribution in [0.5, 0.6) is 0 Å². The van der Waals surface area contributed by atoms with Crippen LogP contribution in [0.15, 0.2) is 53.9 Å². The molecule has 0 aliphatic heterocycles. The molecule has 4 rings (SSSR count). The summed E-state index contributed by atoms with van der Waals surface area (Å²) in [6.45, 7) is 6.16. The van der Waals surface area contributed by atoms with Gasteiger partial charge in [-0.05, 0) is 45.0 Å². The van der Waals surface area contributed by atoms with E-state index in [4.69, 9.17) is 0 Å². The Hall–Kier alpha value is -2.58. The summed E-state index contributed by atoms with van der Waals surface area (Å²) in [5.74, 6) is 0.796. The van der Waals surface area contributed by atoms with E-state index in [9.17, 15) is 0 Å². The maximum Gasteiger partial charge on any atom is 0.196 e. The van der Waals surface area contributed by atoms with Gasteiger partial charge in [0.2, 0.25) is 0 Å². The Morgan fingerprint density at radius 2 is 1.67 bits per heavy atom. The smallest absolute Gasteiger partial charge is 0.196 e. The molecule has 1 unspecified atom stereocenters. The van der Waals surface area contributed by atoms with Crippen LogP contribution in [0.25, 0.3) is 17.1 Å². The summed E-state index contributed by atoms with van der Waals surface area (Å²) in [7, 11) is 0. The number of rotatable bonds is 5. The lowest BCUT2D eigenvalue weighted by Gasteiger charge is -2.12. The molecule has 0 aliphatic rings. The van der Waals surface area contributed by atoms with Crippen molar-refractivity contribution in [3.05, 3.63) is 64.4 Å². The number of benzene rings is 1. The average molecular weight is 395 g/mol. The van der Waals surface area contributed by atoms with Gasteiger partial charge in [0, 0.05) is 23.6 Å². The maximum atomic E-state index is 4.48. The molecule has 8 heteroatoms. The third-order valence-corrected chi connectivity index (χ3v) is 6.26. The predicted molar refractivity (Wildman–Crippen MR) is 108 cm³/mol. The number of aryl methyl sites for hydroxylation is 2. The summed E-state index contributed by atoms with van der Waals surface area (Å²) in [6, 6.07) is 12.3. The van der Waals surface area contributed by atoms with E-state index in [-0.39, 0.29) is 5.25 Å². The Morgan fingerprint density at radius 3 is 2.33 bits per heavy atom. The highest BCUT2D eigenvalue weighted by atomic mass is 32.2. The second kappa shape index (κ2) is 7.58. The van der Waals surface area contributed by atoms with Gasteiger partial charge in [-0.3, -0.25) is 9.55 Å². The minimum Gasteiger partial charge on any atom is -0.270 e. The van der Waals surface area contributed by atoms with Gasteiger partial charge in [0.15, 0.2) is 11.0 Å². The Bertz CT molecular complexity index is 1040. The summed E-state index contributed by atoms with van der Waals surface area (Å²) in [6.07, 6.45) is 3.53. The molecule has 6 nitrogen and oxygen atoms in total. The minimum absolute atomic E-state index is 0.134. The molecule has 0 spiro atoms. The monoisotopic (exact) mass is 394 g/mol. The lowest BCUT2D eigenvalue weighted by atomic mass is 10.2. The number of hydrogen-bond acceptors (Lipinski definition) is 7. The van der Waals surface area contributed by atoms with Gasteiger partial charge >= 0.3 is 0 Å². The first kappa shape index (κ1) is 17.8. The van der Waals surface area contributed by atoms with Crippen LogP contribution in [0.3, 0.4) is 0 Å². The molecule has 0 N–H and O–H groups in total. The van der Waals surface area contributed by atoms with E-state index >= 15 is 0 Å². The summed E-state index contributed by atoms with van der Waals surface area (Å²) >= 11 is 3.25. The van der Waals surface area contributed by atoms with Crippen LogP contribution in [-0.4, -0.2) is 29.9 Å². The summed E-state index contributed by atoms with van der Waals surface area (Å²) in [5.41, 5.74) is 3.22. The van der Waals surface area contributed by atoms with E-state index in [0.29, 0.717) is 0 Å². The van der Waals surface area contributed by atoms with Crippen LogP contribution >= 0.6 is 23.1 Å². The maximum absolute atomic E-state index is 4.48. The van der Waals surface area contributed by atoms with Crippen molar-refractivity contribution in [1.82, 2.24) is 29.9 Å². The lowest BCUT2D eigenvalue weighted by molar-refractivity contribution is 0.872. The molecule has 1 aromatic carbocycles. The molecule has 136 valence electrons. The number of hydrogen-bond donors (Lipinski definition) is 0. The molecule has 0 saturated heterocycles. The predicted octanol–water partition coefficient (Wildman–Crippen LogP) is 4.65. The quantitative estimate of drug-likeness (QED) is 0.459. The zero-order valence-electron chi connectivity index (χ0n) is 15.2.